The summed E-state index contributed by atoms with van der Waals surface area (Å²) in [6.07, 6.45) is 13.6. The van der Waals surface area contributed by atoms with Crippen LogP contribution in [0, 0.1) is 11.8 Å². The Morgan fingerprint density at radius 1 is 0.857 bits per heavy atom. The molecule has 0 saturated carbocycles. The maximum Gasteiger partial charge on any atom is 0.322 e. The molecule has 0 aliphatic heterocycles. The van der Waals surface area contributed by atoms with Gasteiger partial charge in [-0.05, 0) is 13.8 Å². The van der Waals surface area contributed by atoms with Crippen molar-refractivity contribution in [3.63, 3.8) is 0 Å². The molecule has 0 aromatic rings. The lowest BCUT2D eigenvalue weighted by molar-refractivity contribution is -0.165. The van der Waals surface area contributed by atoms with Crippen molar-refractivity contribution in [2.75, 3.05) is 0 Å². The smallest absolute Gasteiger partial charge is 0.322 e. The number of hydrogen-bond acceptors (Lipinski definition) is 5. The van der Waals surface area contributed by atoms with Crippen LogP contribution in [-0.4, -0.2) is 23.0 Å². The van der Waals surface area contributed by atoms with Crippen molar-refractivity contribution in [3.8, 4) is 0 Å². The summed E-state index contributed by atoms with van der Waals surface area (Å²) in [4.78, 5) is 24.4. The highest BCUT2D eigenvalue weighted by atomic mass is 16.6. The fourth-order valence-corrected chi connectivity index (χ4v) is 2.39. The average molecular weight is 288 g/mol. The summed E-state index contributed by atoms with van der Waals surface area (Å²) < 4.78 is 4.99. The maximum absolute atomic E-state index is 12.2. The van der Waals surface area contributed by atoms with E-state index < -0.39 is 34.9 Å². The Bertz CT molecular complexity index is 518. The van der Waals surface area contributed by atoms with E-state index in [9.17, 15) is 9.59 Å². The van der Waals surface area contributed by atoms with Crippen molar-refractivity contribution in [2.24, 2.45) is 23.3 Å². The lowest BCUT2D eigenvalue weighted by Crippen LogP contribution is -2.50. The lowest BCUT2D eigenvalue weighted by Gasteiger charge is -2.31. The highest BCUT2D eigenvalue weighted by molar-refractivity contribution is 5.91. The number of hydrogen-bond donors (Lipinski definition) is 2. The van der Waals surface area contributed by atoms with Gasteiger partial charge in [0.25, 0.3) is 0 Å². The second kappa shape index (κ2) is 5.42. The molecule has 0 saturated heterocycles. The molecule has 4 unspecified atom stereocenters. The monoisotopic (exact) mass is 288 g/mol. The van der Waals surface area contributed by atoms with Crippen molar-refractivity contribution in [1.82, 2.24) is 0 Å². The molecule has 4 atom stereocenters. The van der Waals surface area contributed by atoms with Gasteiger partial charge < -0.3 is 16.2 Å². The lowest BCUT2D eigenvalue weighted by atomic mass is 9.82. The van der Waals surface area contributed by atoms with Crippen LogP contribution in [0.15, 0.2) is 48.6 Å². The molecule has 0 spiro atoms. The molecule has 21 heavy (non-hydrogen) atoms. The number of esters is 2. The summed E-state index contributed by atoms with van der Waals surface area (Å²) in [6.45, 7) is 3.42. The summed E-state index contributed by atoms with van der Waals surface area (Å²) in [6, 6.07) is 0. The van der Waals surface area contributed by atoms with Gasteiger partial charge in [0.2, 0.25) is 0 Å². The third-order valence-electron chi connectivity index (χ3n) is 3.79. The number of ether oxygens (including phenoxy) is 1. The predicted octanol–water partition coefficient (Wildman–Crippen LogP) is 0.975. The van der Waals surface area contributed by atoms with Gasteiger partial charge in [0.1, 0.15) is 0 Å². The van der Waals surface area contributed by atoms with E-state index >= 15 is 0 Å². The van der Waals surface area contributed by atoms with E-state index in [1.165, 1.54) is 0 Å². The Morgan fingerprint density at radius 2 is 1.24 bits per heavy atom. The first-order chi connectivity index (χ1) is 9.74. The topological polar surface area (TPSA) is 95.4 Å². The average Bonchev–Trinajstić information content (AvgIpc) is 2.37. The van der Waals surface area contributed by atoms with E-state index in [0.29, 0.717) is 0 Å². The summed E-state index contributed by atoms with van der Waals surface area (Å²) in [5, 5.41) is 0. The number of carbonyl (C=O) groups is 2. The van der Waals surface area contributed by atoms with E-state index in [1.807, 2.05) is 0 Å². The molecular weight excluding hydrogens is 268 g/mol. The van der Waals surface area contributed by atoms with Gasteiger partial charge in [-0.3, -0.25) is 9.59 Å². The number of carbonyl (C=O) groups excluding carboxylic acids is 2. The zero-order valence-electron chi connectivity index (χ0n) is 12.2. The van der Waals surface area contributed by atoms with Gasteiger partial charge in [0.05, 0.1) is 11.8 Å². The minimum Gasteiger partial charge on any atom is -0.392 e. The Labute approximate surface area is 124 Å². The van der Waals surface area contributed by atoms with Crippen LogP contribution in [0.1, 0.15) is 13.8 Å². The summed E-state index contributed by atoms with van der Waals surface area (Å²) >= 11 is 0. The molecule has 0 bridgehead atoms. The SMILES string of the molecule is CC1(N)C=CC=CC1C(=O)OC(=O)C1C=CC=CC1(C)N. The van der Waals surface area contributed by atoms with E-state index in [4.69, 9.17) is 16.2 Å². The van der Waals surface area contributed by atoms with Crippen molar-refractivity contribution >= 4 is 11.9 Å². The van der Waals surface area contributed by atoms with Gasteiger partial charge in [0.15, 0.2) is 0 Å². The van der Waals surface area contributed by atoms with Crippen molar-refractivity contribution in [1.29, 1.82) is 0 Å². The molecule has 5 heteroatoms. The molecular formula is C16H20N2O3. The molecule has 0 heterocycles. The Morgan fingerprint density at radius 3 is 1.57 bits per heavy atom. The minimum absolute atomic E-state index is 0.663. The summed E-state index contributed by atoms with van der Waals surface area (Å²) in [5.74, 6) is -2.72. The van der Waals surface area contributed by atoms with Crippen LogP contribution in [0.3, 0.4) is 0 Å². The first-order valence-corrected chi connectivity index (χ1v) is 6.79. The molecule has 4 N–H and O–H groups in total. The van der Waals surface area contributed by atoms with Crippen LogP contribution in [-0.2, 0) is 14.3 Å². The van der Waals surface area contributed by atoms with E-state index in [0.717, 1.165) is 0 Å². The van der Waals surface area contributed by atoms with Crippen LogP contribution >= 0.6 is 0 Å². The zero-order valence-corrected chi connectivity index (χ0v) is 12.2. The molecule has 0 aromatic heterocycles. The molecule has 0 aromatic carbocycles. The Hall–Kier alpha value is -1.98. The minimum atomic E-state index is -0.875. The summed E-state index contributed by atoms with van der Waals surface area (Å²) in [5.41, 5.74) is 10.3. The number of allylic oxidation sites excluding steroid dienone is 4. The van der Waals surface area contributed by atoms with Crippen LogP contribution in [0.5, 0.6) is 0 Å². The molecule has 2 aliphatic carbocycles. The van der Waals surface area contributed by atoms with Crippen LogP contribution in [0.4, 0.5) is 0 Å². The van der Waals surface area contributed by atoms with Crippen molar-refractivity contribution in [3.05, 3.63) is 48.6 Å². The van der Waals surface area contributed by atoms with Gasteiger partial charge in [-0.15, -0.1) is 0 Å². The Kier molecular flexibility index (Phi) is 3.98. The van der Waals surface area contributed by atoms with Crippen LogP contribution in [0.25, 0.3) is 0 Å². The molecule has 0 fully saturated rings. The normalized spacial score (nSPS) is 37.5. The van der Waals surface area contributed by atoms with Crippen molar-refractivity contribution in [2.45, 2.75) is 24.9 Å². The highest BCUT2D eigenvalue weighted by Crippen LogP contribution is 2.26. The highest BCUT2D eigenvalue weighted by Gasteiger charge is 2.39. The van der Waals surface area contributed by atoms with Gasteiger partial charge in [-0.1, -0.05) is 48.6 Å². The molecule has 112 valence electrons. The second-order valence-electron chi connectivity index (χ2n) is 5.92. The van der Waals surface area contributed by atoms with Crippen molar-refractivity contribution < 1.29 is 14.3 Å². The largest absolute Gasteiger partial charge is 0.392 e. The van der Waals surface area contributed by atoms with E-state index in [1.54, 1.807) is 62.5 Å². The molecule has 2 aliphatic rings. The van der Waals surface area contributed by atoms with E-state index in [-0.39, 0.29) is 0 Å². The first-order valence-electron chi connectivity index (χ1n) is 6.79. The van der Waals surface area contributed by atoms with Gasteiger partial charge in [-0.2, -0.15) is 0 Å². The summed E-state index contributed by atoms with van der Waals surface area (Å²) in [7, 11) is 0. The van der Waals surface area contributed by atoms with Crippen LogP contribution < -0.4 is 11.5 Å². The molecule has 2 rings (SSSR count). The molecule has 0 radical (unpaired) electrons. The standard InChI is InChI=1S/C16H20N2O3/c1-15(17)9-5-3-7-11(15)13(19)21-14(20)12-8-4-6-10-16(12,2)18/h3-12H,17-18H2,1-2H3. The predicted molar refractivity (Wildman–Crippen MR) is 79.8 cm³/mol. The number of nitrogens with two attached hydrogens (primary N) is 2. The fraction of sp³-hybridized carbons (Fsp3) is 0.375. The molecule has 0 amide bonds. The maximum atomic E-state index is 12.2. The third-order valence-corrected chi connectivity index (χ3v) is 3.79. The first kappa shape index (κ1) is 15.4. The third kappa shape index (κ3) is 3.20. The van der Waals surface area contributed by atoms with Gasteiger partial charge in [-0.25, -0.2) is 0 Å². The fourth-order valence-electron chi connectivity index (χ4n) is 2.39. The quantitative estimate of drug-likeness (QED) is 0.583. The van der Waals surface area contributed by atoms with Gasteiger partial charge in [0, 0.05) is 11.1 Å². The number of rotatable bonds is 2. The van der Waals surface area contributed by atoms with Crippen LogP contribution in [0.2, 0.25) is 0 Å². The van der Waals surface area contributed by atoms with E-state index in [2.05, 4.69) is 0 Å². The molecule has 5 nitrogen and oxygen atoms in total. The van der Waals surface area contributed by atoms with Gasteiger partial charge >= 0.3 is 11.9 Å². The second-order valence-corrected chi connectivity index (χ2v) is 5.92. The zero-order chi connectivity index (χ0) is 15.7. The Balaban J connectivity index is 2.08.